The highest BCUT2D eigenvalue weighted by Gasteiger charge is 2.15. The number of anilines is 1. The molecule has 0 unspecified atom stereocenters. The summed E-state index contributed by atoms with van der Waals surface area (Å²) in [6.45, 7) is 6.07. The van der Waals surface area contributed by atoms with Crippen LogP contribution in [0.4, 0.5) is 5.69 Å². The molecule has 0 aliphatic heterocycles. The van der Waals surface area contributed by atoms with Crippen LogP contribution in [0.25, 0.3) is 10.8 Å². The van der Waals surface area contributed by atoms with Gasteiger partial charge in [0.2, 0.25) is 0 Å². The van der Waals surface area contributed by atoms with Gasteiger partial charge in [0.05, 0.1) is 0 Å². The number of carbonyl (C=O) groups is 1. The third kappa shape index (κ3) is 4.17. The Kier molecular flexibility index (Phi) is 5.87. The summed E-state index contributed by atoms with van der Waals surface area (Å²) in [5.41, 5.74) is 2.06. The van der Waals surface area contributed by atoms with Crippen LogP contribution in [0.1, 0.15) is 29.8 Å². The lowest BCUT2D eigenvalue weighted by Gasteiger charge is -2.22. The fraction of sp³-hybridized carbons (Fsp3) is 0.227. The van der Waals surface area contributed by atoms with E-state index < -0.39 is 5.97 Å². The molecule has 3 aromatic carbocycles. The molecule has 0 saturated heterocycles. The van der Waals surface area contributed by atoms with Crippen LogP contribution in [0, 0.1) is 0 Å². The maximum absolute atomic E-state index is 11.6. The lowest BCUT2D eigenvalue weighted by molar-refractivity contribution is 0.0692. The van der Waals surface area contributed by atoms with E-state index in [0.717, 1.165) is 35.1 Å². The van der Waals surface area contributed by atoms with Crippen molar-refractivity contribution in [3.63, 3.8) is 0 Å². The van der Waals surface area contributed by atoms with E-state index in [1.54, 1.807) is 12.1 Å². The van der Waals surface area contributed by atoms with Gasteiger partial charge in [0.15, 0.2) is 0 Å². The zero-order chi connectivity index (χ0) is 19.4. The van der Waals surface area contributed by atoms with E-state index >= 15 is 0 Å². The van der Waals surface area contributed by atoms with Crippen molar-refractivity contribution in [1.29, 1.82) is 0 Å². The normalized spacial score (nSPS) is 10.8. The van der Waals surface area contributed by atoms with Crippen molar-refractivity contribution in [1.82, 2.24) is 0 Å². The highest BCUT2D eigenvalue weighted by atomic mass is 35.5. The van der Waals surface area contributed by atoms with Crippen LogP contribution in [0.3, 0.4) is 0 Å². The van der Waals surface area contributed by atoms with Crippen LogP contribution in [0.5, 0.6) is 5.75 Å². The van der Waals surface area contributed by atoms with Crippen LogP contribution in [-0.4, -0.2) is 24.2 Å². The summed E-state index contributed by atoms with van der Waals surface area (Å²) in [7, 11) is 0. The topological polar surface area (TPSA) is 49.8 Å². The van der Waals surface area contributed by atoms with Gasteiger partial charge in [0.25, 0.3) is 0 Å². The van der Waals surface area contributed by atoms with Gasteiger partial charge in [-0.3, -0.25) is 0 Å². The molecule has 5 heteroatoms. The molecule has 140 valence electrons. The standard InChI is InChI=1S/C22H22ClNO3/c1-3-24(4-2)18-10-11-19(22(25)26)21(13-18)27-14-16-7-5-6-15-8-9-17(23)12-20(15)16/h5-13H,3-4,14H2,1-2H3,(H,25,26). The van der Waals surface area contributed by atoms with Crippen LogP contribution >= 0.6 is 11.6 Å². The molecule has 0 fully saturated rings. The van der Waals surface area contributed by atoms with E-state index in [4.69, 9.17) is 16.3 Å². The number of carboxylic acid groups (broad SMARTS) is 1. The van der Waals surface area contributed by atoms with E-state index in [0.29, 0.717) is 10.8 Å². The summed E-state index contributed by atoms with van der Waals surface area (Å²) < 4.78 is 5.96. The Labute approximate surface area is 163 Å². The van der Waals surface area contributed by atoms with Crippen molar-refractivity contribution < 1.29 is 14.6 Å². The Hall–Kier alpha value is -2.72. The second-order valence-corrected chi connectivity index (χ2v) is 6.67. The van der Waals surface area contributed by atoms with Gasteiger partial charge >= 0.3 is 5.97 Å². The smallest absolute Gasteiger partial charge is 0.339 e. The first-order valence-electron chi connectivity index (χ1n) is 8.95. The van der Waals surface area contributed by atoms with Crippen molar-refractivity contribution in [3.8, 4) is 5.75 Å². The first-order chi connectivity index (χ1) is 13.0. The van der Waals surface area contributed by atoms with E-state index in [-0.39, 0.29) is 12.2 Å². The van der Waals surface area contributed by atoms with Gasteiger partial charge in [-0.15, -0.1) is 0 Å². The average molecular weight is 384 g/mol. The van der Waals surface area contributed by atoms with Gasteiger partial charge in [0, 0.05) is 29.9 Å². The Morgan fingerprint density at radius 3 is 2.56 bits per heavy atom. The molecule has 3 aromatic rings. The number of fused-ring (bicyclic) bond motifs is 1. The largest absolute Gasteiger partial charge is 0.488 e. The first kappa shape index (κ1) is 19.1. The average Bonchev–Trinajstić information content (AvgIpc) is 2.67. The number of aromatic carboxylic acids is 1. The number of carboxylic acids is 1. The van der Waals surface area contributed by atoms with E-state index in [2.05, 4.69) is 18.7 Å². The number of hydrogen-bond donors (Lipinski definition) is 1. The molecule has 0 bridgehead atoms. The van der Waals surface area contributed by atoms with Crippen LogP contribution in [0.15, 0.2) is 54.6 Å². The van der Waals surface area contributed by atoms with Crippen molar-refractivity contribution in [3.05, 3.63) is 70.7 Å². The molecule has 0 aromatic heterocycles. The Morgan fingerprint density at radius 2 is 1.85 bits per heavy atom. The van der Waals surface area contributed by atoms with E-state index in [1.807, 2.05) is 42.5 Å². The molecule has 3 rings (SSSR count). The van der Waals surface area contributed by atoms with Crippen molar-refractivity contribution >= 4 is 34.0 Å². The number of halogens is 1. The molecule has 0 spiro atoms. The molecular weight excluding hydrogens is 362 g/mol. The fourth-order valence-electron chi connectivity index (χ4n) is 3.18. The summed E-state index contributed by atoms with van der Waals surface area (Å²) in [5.74, 6) is -0.636. The number of hydrogen-bond acceptors (Lipinski definition) is 3. The molecular formula is C22H22ClNO3. The molecule has 0 aliphatic rings. The Bertz CT molecular complexity index is 967. The van der Waals surface area contributed by atoms with Gasteiger partial charge in [-0.2, -0.15) is 0 Å². The minimum Gasteiger partial charge on any atom is -0.488 e. The molecule has 1 N–H and O–H groups in total. The van der Waals surface area contributed by atoms with Crippen LogP contribution in [-0.2, 0) is 6.61 Å². The summed E-state index contributed by atoms with van der Waals surface area (Å²) in [6, 6.07) is 16.9. The van der Waals surface area contributed by atoms with Gasteiger partial charge in [-0.25, -0.2) is 4.79 Å². The number of ether oxygens (including phenoxy) is 1. The zero-order valence-electron chi connectivity index (χ0n) is 15.4. The molecule has 0 radical (unpaired) electrons. The van der Waals surface area contributed by atoms with E-state index in [9.17, 15) is 9.90 Å². The summed E-state index contributed by atoms with van der Waals surface area (Å²) in [4.78, 5) is 13.7. The molecule has 27 heavy (non-hydrogen) atoms. The molecule has 4 nitrogen and oxygen atoms in total. The molecule has 0 amide bonds. The highest BCUT2D eigenvalue weighted by Crippen LogP contribution is 2.29. The monoisotopic (exact) mass is 383 g/mol. The van der Waals surface area contributed by atoms with Gasteiger partial charge in [-0.05, 0) is 54.4 Å². The molecule has 0 saturated carbocycles. The van der Waals surface area contributed by atoms with Crippen LogP contribution < -0.4 is 9.64 Å². The maximum Gasteiger partial charge on any atom is 0.339 e. The lowest BCUT2D eigenvalue weighted by atomic mass is 10.1. The third-order valence-electron chi connectivity index (χ3n) is 4.64. The SMILES string of the molecule is CCN(CC)c1ccc(C(=O)O)c(OCc2cccc3ccc(Cl)cc23)c1. The van der Waals surface area contributed by atoms with Crippen molar-refractivity contribution in [2.45, 2.75) is 20.5 Å². The molecule has 0 atom stereocenters. The fourth-order valence-corrected chi connectivity index (χ4v) is 3.36. The van der Waals surface area contributed by atoms with Crippen molar-refractivity contribution in [2.24, 2.45) is 0 Å². The maximum atomic E-state index is 11.6. The minimum absolute atomic E-state index is 0.157. The summed E-state index contributed by atoms with van der Waals surface area (Å²) in [6.07, 6.45) is 0. The number of nitrogens with zero attached hydrogens (tertiary/aromatic N) is 1. The number of rotatable bonds is 7. The van der Waals surface area contributed by atoms with Gasteiger partial charge < -0.3 is 14.7 Å². The number of benzene rings is 3. The molecule has 0 heterocycles. The van der Waals surface area contributed by atoms with E-state index in [1.165, 1.54) is 0 Å². The quantitative estimate of drug-likeness (QED) is 0.575. The van der Waals surface area contributed by atoms with Gasteiger partial charge in [0.1, 0.15) is 17.9 Å². The molecule has 0 aliphatic carbocycles. The Balaban J connectivity index is 1.94. The third-order valence-corrected chi connectivity index (χ3v) is 4.88. The predicted molar refractivity (Wildman–Crippen MR) is 110 cm³/mol. The predicted octanol–water partition coefficient (Wildman–Crippen LogP) is 5.62. The summed E-state index contributed by atoms with van der Waals surface area (Å²) in [5, 5.41) is 12.2. The minimum atomic E-state index is -1.00. The van der Waals surface area contributed by atoms with Gasteiger partial charge in [-0.1, -0.05) is 35.9 Å². The zero-order valence-corrected chi connectivity index (χ0v) is 16.2. The lowest BCUT2D eigenvalue weighted by Crippen LogP contribution is -2.22. The second-order valence-electron chi connectivity index (χ2n) is 6.23. The van der Waals surface area contributed by atoms with Crippen LogP contribution in [0.2, 0.25) is 5.02 Å². The second kappa shape index (κ2) is 8.31. The van der Waals surface area contributed by atoms with Crippen molar-refractivity contribution in [2.75, 3.05) is 18.0 Å². The highest BCUT2D eigenvalue weighted by molar-refractivity contribution is 6.31. The first-order valence-corrected chi connectivity index (χ1v) is 9.33. The summed E-state index contributed by atoms with van der Waals surface area (Å²) >= 11 is 6.14. The Morgan fingerprint density at radius 1 is 1.07 bits per heavy atom.